The molecule has 0 spiro atoms. The van der Waals surface area contributed by atoms with Crippen LogP contribution in [0.2, 0.25) is 0 Å². The molecule has 0 unspecified atom stereocenters. The van der Waals surface area contributed by atoms with Gasteiger partial charge in [-0.3, -0.25) is 4.99 Å². The maximum Gasteiger partial charge on any atom is 0.191 e. The van der Waals surface area contributed by atoms with Crippen LogP contribution in [0.5, 0.6) is 0 Å². The lowest BCUT2D eigenvalue weighted by Crippen LogP contribution is -2.43. The molecule has 2 N–H and O–H groups in total. The fraction of sp³-hybridized carbons (Fsp3) is 0.938. The summed E-state index contributed by atoms with van der Waals surface area (Å²) in [6.07, 6.45) is 4.96. The van der Waals surface area contributed by atoms with Crippen molar-refractivity contribution in [2.75, 3.05) is 53.0 Å². The number of aliphatic imine (C=N–C) groups is 1. The summed E-state index contributed by atoms with van der Waals surface area (Å²) in [5.41, 5.74) is 6.15. The summed E-state index contributed by atoms with van der Waals surface area (Å²) in [5, 5.41) is 0. The van der Waals surface area contributed by atoms with Crippen molar-refractivity contribution < 1.29 is 4.74 Å². The van der Waals surface area contributed by atoms with Crippen LogP contribution in [0.4, 0.5) is 0 Å². The Morgan fingerprint density at radius 3 is 2.36 bits per heavy atom. The molecular weight excluding hydrogens is 391 g/mol. The third-order valence-electron chi connectivity index (χ3n) is 4.94. The average molecular weight is 424 g/mol. The zero-order valence-electron chi connectivity index (χ0n) is 14.2. The van der Waals surface area contributed by atoms with Gasteiger partial charge in [-0.1, -0.05) is 6.92 Å². The number of hydrogen-bond acceptors (Lipinski definition) is 3. The Bertz CT molecular complexity index is 324. The third-order valence-corrected chi connectivity index (χ3v) is 4.94. The van der Waals surface area contributed by atoms with Gasteiger partial charge < -0.3 is 20.3 Å². The van der Waals surface area contributed by atoms with Crippen molar-refractivity contribution in [1.82, 2.24) is 9.80 Å². The molecule has 22 heavy (non-hydrogen) atoms. The van der Waals surface area contributed by atoms with Crippen molar-refractivity contribution in [3.8, 4) is 0 Å². The average Bonchev–Trinajstić information content (AvgIpc) is 2.52. The quantitative estimate of drug-likeness (QED) is 0.417. The molecule has 0 aliphatic carbocycles. The van der Waals surface area contributed by atoms with Crippen LogP contribution in [0.1, 0.15) is 32.6 Å². The van der Waals surface area contributed by atoms with Gasteiger partial charge in [0, 0.05) is 33.3 Å². The fourth-order valence-electron chi connectivity index (χ4n) is 3.17. The van der Waals surface area contributed by atoms with E-state index in [1.807, 2.05) is 0 Å². The Hall–Kier alpha value is -0.0800. The lowest BCUT2D eigenvalue weighted by atomic mass is 9.97. The minimum Gasteiger partial charge on any atom is -0.383 e. The molecule has 0 bridgehead atoms. The molecule has 0 saturated carbocycles. The number of methoxy groups -OCH3 is 1. The molecule has 130 valence electrons. The second kappa shape index (κ2) is 10.6. The van der Waals surface area contributed by atoms with E-state index < -0.39 is 0 Å². The molecule has 2 fully saturated rings. The highest BCUT2D eigenvalue weighted by molar-refractivity contribution is 14.0. The van der Waals surface area contributed by atoms with Gasteiger partial charge in [-0.2, -0.15) is 0 Å². The molecule has 0 aromatic heterocycles. The zero-order chi connectivity index (χ0) is 15.1. The number of nitrogens with two attached hydrogens (primary N) is 1. The Morgan fingerprint density at radius 1 is 1.14 bits per heavy atom. The van der Waals surface area contributed by atoms with Crippen LogP contribution < -0.4 is 5.73 Å². The molecule has 0 aromatic carbocycles. The molecule has 2 aliphatic rings. The summed E-state index contributed by atoms with van der Waals surface area (Å²) in [4.78, 5) is 9.40. The summed E-state index contributed by atoms with van der Waals surface area (Å²) in [6, 6.07) is 0. The van der Waals surface area contributed by atoms with Crippen LogP contribution in [0.3, 0.4) is 0 Å². The van der Waals surface area contributed by atoms with Crippen LogP contribution in [-0.4, -0.2) is 68.7 Å². The summed E-state index contributed by atoms with van der Waals surface area (Å²) in [6.45, 7) is 9.61. The van der Waals surface area contributed by atoms with E-state index in [9.17, 15) is 0 Å². The normalized spacial score (nSPS) is 22.6. The minimum absolute atomic E-state index is 0. The van der Waals surface area contributed by atoms with Crippen LogP contribution in [0.25, 0.3) is 0 Å². The zero-order valence-corrected chi connectivity index (χ0v) is 16.5. The molecule has 6 heteroatoms. The van der Waals surface area contributed by atoms with Gasteiger partial charge in [-0.25, -0.2) is 0 Å². The topological polar surface area (TPSA) is 54.1 Å². The first-order valence-corrected chi connectivity index (χ1v) is 8.45. The maximum absolute atomic E-state index is 6.15. The molecule has 2 rings (SSSR count). The summed E-state index contributed by atoms with van der Waals surface area (Å²) in [7, 11) is 1.77. The predicted molar refractivity (Wildman–Crippen MR) is 103 cm³/mol. The van der Waals surface area contributed by atoms with E-state index in [-0.39, 0.29) is 24.0 Å². The second-order valence-corrected chi connectivity index (χ2v) is 6.65. The third kappa shape index (κ3) is 6.58. The van der Waals surface area contributed by atoms with E-state index in [1.54, 1.807) is 7.11 Å². The van der Waals surface area contributed by atoms with Crippen molar-refractivity contribution in [3.05, 3.63) is 0 Å². The maximum atomic E-state index is 6.15. The number of hydrogen-bond donors (Lipinski definition) is 1. The Kier molecular flexibility index (Phi) is 9.66. The van der Waals surface area contributed by atoms with Gasteiger partial charge in [0.2, 0.25) is 0 Å². The van der Waals surface area contributed by atoms with Crippen molar-refractivity contribution in [3.63, 3.8) is 0 Å². The van der Waals surface area contributed by atoms with E-state index in [4.69, 9.17) is 10.5 Å². The van der Waals surface area contributed by atoms with Gasteiger partial charge in [0.1, 0.15) is 0 Å². The van der Waals surface area contributed by atoms with E-state index >= 15 is 0 Å². The first kappa shape index (κ1) is 20.0. The SMILES string of the molecule is COCCN1CCC(CN=C(N)N2CCC(C)CC2)CC1.I. The number of likely N-dealkylation sites (tertiary alicyclic amines) is 2. The second-order valence-electron chi connectivity index (χ2n) is 6.65. The first-order chi connectivity index (χ1) is 10.2. The van der Waals surface area contributed by atoms with Gasteiger partial charge in [-0.15, -0.1) is 24.0 Å². The highest BCUT2D eigenvalue weighted by atomic mass is 127. The van der Waals surface area contributed by atoms with E-state index in [1.165, 1.54) is 38.8 Å². The van der Waals surface area contributed by atoms with Crippen molar-refractivity contribution >= 4 is 29.9 Å². The van der Waals surface area contributed by atoms with Crippen LogP contribution in [0, 0.1) is 11.8 Å². The monoisotopic (exact) mass is 424 g/mol. The standard InChI is InChI=1S/C16H32N4O.HI/c1-14-3-9-20(10-4-14)16(17)18-13-15-5-7-19(8-6-15)11-12-21-2;/h14-15H,3-13H2,1-2H3,(H2,17,18);1H. The lowest BCUT2D eigenvalue weighted by Gasteiger charge is -2.32. The minimum atomic E-state index is 0. The van der Waals surface area contributed by atoms with Gasteiger partial charge >= 0.3 is 0 Å². The van der Waals surface area contributed by atoms with Gasteiger partial charge in [0.15, 0.2) is 5.96 Å². The lowest BCUT2D eigenvalue weighted by molar-refractivity contribution is 0.121. The highest BCUT2D eigenvalue weighted by Crippen LogP contribution is 2.18. The smallest absolute Gasteiger partial charge is 0.191 e. The number of halogens is 1. The summed E-state index contributed by atoms with van der Waals surface area (Å²) < 4.78 is 5.14. The van der Waals surface area contributed by atoms with Crippen LogP contribution >= 0.6 is 24.0 Å². The molecule has 0 radical (unpaired) electrons. The Balaban J connectivity index is 0.00000242. The van der Waals surface area contributed by atoms with Gasteiger partial charge in [0.25, 0.3) is 0 Å². The molecule has 0 amide bonds. The fourth-order valence-corrected chi connectivity index (χ4v) is 3.17. The van der Waals surface area contributed by atoms with Crippen molar-refractivity contribution in [1.29, 1.82) is 0 Å². The van der Waals surface area contributed by atoms with Crippen molar-refractivity contribution in [2.45, 2.75) is 32.6 Å². The molecule has 2 heterocycles. The van der Waals surface area contributed by atoms with E-state index in [2.05, 4.69) is 21.7 Å². The van der Waals surface area contributed by atoms with Gasteiger partial charge in [0.05, 0.1) is 6.61 Å². The van der Waals surface area contributed by atoms with Crippen LogP contribution in [-0.2, 0) is 4.74 Å². The number of ether oxygens (including phenoxy) is 1. The molecular formula is C16H33IN4O. The Morgan fingerprint density at radius 2 is 1.77 bits per heavy atom. The van der Waals surface area contributed by atoms with Gasteiger partial charge in [-0.05, 0) is 50.6 Å². The number of rotatable bonds is 5. The first-order valence-electron chi connectivity index (χ1n) is 8.45. The summed E-state index contributed by atoms with van der Waals surface area (Å²) in [5.74, 6) is 2.31. The van der Waals surface area contributed by atoms with Crippen LogP contribution in [0.15, 0.2) is 4.99 Å². The van der Waals surface area contributed by atoms with E-state index in [0.717, 1.165) is 44.7 Å². The molecule has 5 nitrogen and oxygen atoms in total. The number of guanidine groups is 1. The predicted octanol–water partition coefficient (Wildman–Crippen LogP) is 2.01. The summed E-state index contributed by atoms with van der Waals surface area (Å²) >= 11 is 0. The number of piperidine rings is 2. The number of nitrogens with zero attached hydrogens (tertiary/aromatic N) is 3. The molecule has 2 saturated heterocycles. The van der Waals surface area contributed by atoms with E-state index in [0.29, 0.717) is 5.92 Å². The molecule has 0 atom stereocenters. The highest BCUT2D eigenvalue weighted by Gasteiger charge is 2.20. The molecule has 2 aliphatic heterocycles. The largest absolute Gasteiger partial charge is 0.383 e. The molecule has 0 aromatic rings. The Labute approximate surface area is 152 Å². The van der Waals surface area contributed by atoms with Crippen molar-refractivity contribution in [2.24, 2.45) is 22.6 Å².